The summed E-state index contributed by atoms with van der Waals surface area (Å²) in [6.07, 6.45) is 1.08. The molecule has 1 heterocycles. The first-order chi connectivity index (χ1) is 6.79. The quantitative estimate of drug-likeness (QED) is 0.794. The second kappa shape index (κ2) is 4.35. The molecule has 1 aromatic carbocycles. The van der Waals surface area contributed by atoms with E-state index in [9.17, 15) is 0 Å². The van der Waals surface area contributed by atoms with Crippen LogP contribution in [0.15, 0.2) is 24.3 Å². The van der Waals surface area contributed by atoms with Gasteiger partial charge in [0.1, 0.15) is 5.01 Å². The molecule has 0 bridgehead atoms. The second-order valence-electron chi connectivity index (χ2n) is 2.91. The molecule has 4 heteroatoms. The van der Waals surface area contributed by atoms with Gasteiger partial charge in [0, 0.05) is 5.56 Å². The predicted molar refractivity (Wildman–Crippen MR) is 67.4 cm³/mol. The molecule has 0 amide bonds. The summed E-state index contributed by atoms with van der Waals surface area (Å²) >= 11 is 3.81. The molecule has 0 spiro atoms. The molecule has 0 saturated heterocycles. The third-order valence-electron chi connectivity index (χ3n) is 2.01. The fraction of sp³-hybridized carbons (Fsp3) is 0.200. The van der Waals surface area contributed by atoms with E-state index in [0.717, 1.165) is 20.0 Å². The Morgan fingerprint density at radius 1 is 1.21 bits per heavy atom. The maximum atomic E-state index is 4.10. The number of rotatable bonds is 2. The lowest BCUT2D eigenvalue weighted by Crippen LogP contribution is -1.80. The summed E-state index contributed by atoms with van der Waals surface area (Å²) < 4.78 is 0.983. The smallest absolute Gasteiger partial charge is 0.137 e. The van der Waals surface area contributed by atoms with E-state index in [1.54, 1.807) is 11.3 Å². The van der Waals surface area contributed by atoms with Gasteiger partial charge < -0.3 is 0 Å². The van der Waals surface area contributed by atoms with Gasteiger partial charge in [-0.05, 0) is 34.6 Å². The highest BCUT2D eigenvalue weighted by Gasteiger charge is 2.03. The zero-order valence-electron chi connectivity index (χ0n) is 7.70. The SMILES string of the molecule is CCc1ccc(-c2nnc(I)s2)cc1. The van der Waals surface area contributed by atoms with Crippen molar-refractivity contribution < 1.29 is 0 Å². The Morgan fingerprint density at radius 2 is 1.93 bits per heavy atom. The average Bonchev–Trinajstić information content (AvgIpc) is 2.65. The monoisotopic (exact) mass is 316 g/mol. The molecule has 2 aromatic rings. The van der Waals surface area contributed by atoms with Crippen LogP contribution in [0, 0.1) is 3.01 Å². The average molecular weight is 316 g/mol. The van der Waals surface area contributed by atoms with Crippen molar-refractivity contribution in [2.45, 2.75) is 13.3 Å². The molecule has 0 unspecified atom stereocenters. The molecule has 0 N–H and O–H groups in total. The molecule has 72 valence electrons. The first-order valence-electron chi connectivity index (χ1n) is 4.38. The van der Waals surface area contributed by atoms with Gasteiger partial charge in [-0.2, -0.15) is 0 Å². The Kier molecular flexibility index (Phi) is 3.12. The number of benzene rings is 1. The van der Waals surface area contributed by atoms with Gasteiger partial charge in [-0.3, -0.25) is 0 Å². The van der Waals surface area contributed by atoms with Crippen molar-refractivity contribution in [2.75, 3.05) is 0 Å². The van der Waals surface area contributed by atoms with E-state index in [-0.39, 0.29) is 0 Å². The van der Waals surface area contributed by atoms with Crippen molar-refractivity contribution in [3.63, 3.8) is 0 Å². The van der Waals surface area contributed by atoms with Gasteiger partial charge in [-0.1, -0.05) is 42.5 Å². The first-order valence-corrected chi connectivity index (χ1v) is 6.27. The Balaban J connectivity index is 2.33. The van der Waals surface area contributed by atoms with Gasteiger partial charge in [-0.25, -0.2) is 0 Å². The van der Waals surface area contributed by atoms with Crippen molar-refractivity contribution in [1.82, 2.24) is 10.2 Å². The van der Waals surface area contributed by atoms with Crippen molar-refractivity contribution in [2.24, 2.45) is 0 Å². The summed E-state index contributed by atoms with van der Waals surface area (Å²) in [5.74, 6) is 0. The van der Waals surface area contributed by atoms with Crippen LogP contribution >= 0.6 is 33.9 Å². The lowest BCUT2D eigenvalue weighted by Gasteiger charge is -1.97. The van der Waals surface area contributed by atoms with E-state index in [0.29, 0.717) is 0 Å². The van der Waals surface area contributed by atoms with Crippen LogP contribution in [0.1, 0.15) is 12.5 Å². The Morgan fingerprint density at radius 3 is 2.43 bits per heavy atom. The summed E-state index contributed by atoms with van der Waals surface area (Å²) in [5, 5.41) is 9.09. The van der Waals surface area contributed by atoms with Crippen LogP contribution in [0.25, 0.3) is 10.6 Å². The summed E-state index contributed by atoms with van der Waals surface area (Å²) in [4.78, 5) is 0. The molecule has 0 aliphatic rings. The number of aryl methyl sites for hydroxylation is 1. The Hall–Kier alpha value is -0.490. The van der Waals surface area contributed by atoms with Gasteiger partial charge in [0.15, 0.2) is 3.01 Å². The van der Waals surface area contributed by atoms with Crippen LogP contribution < -0.4 is 0 Å². The van der Waals surface area contributed by atoms with Crippen LogP contribution in [0.5, 0.6) is 0 Å². The Labute approximate surface area is 101 Å². The highest BCUT2D eigenvalue weighted by Crippen LogP contribution is 2.24. The van der Waals surface area contributed by atoms with E-state index in [1.807, 2.05) is 0 Å². The van der Waals surface area contributed by atoms with E-state index in [2.05, 4.69) is 64.0 Å². The van der Waals surface area contributed by atoms with Gasteiger partial charge in [0.25, 0.3) is 0 Å². The molecular weight excluding hydrogens is 307 g/mol. The molecule has 0 saturated carbocycles. The maximum Gasteiger partial charge on any atom is 0.178 e. The lowest BCUT2D eigenvalue weighted by molar-refractivity contribution is 1.07. The third-order valence-corrected chi connectivity index (χ3v) is 3.65. The summed E-state index contributed by atoms with van der Waals surface area (Å²) in [7, 11) is 0. The van der Waals surface area contributed by atoms with Crippen LogP contribution in [-0.2, 0) is 6.42 Å². The minimum atomic E-state index is 0.983. The van der Waals surface area contributed by atoms with Gasteiger partial charge in [-0.15, -0.1) is 10.2 Å². The number of hydrogen-bond donors (Lipinski definition) is 0. The molecule has 0 radical (unpaired) electrons. The fourth-order valence-electron chi connectivity index (χ4n) is 1.21. The fourth-order valence-corrected chi connectivity index (χ4v) is 2.52. The Bertz CT molecular complexity index is 422. The molecule has 0 atom stereocenters. The lowest BCUT2D eigenvalue weighted by atomic mass is 10.1. The van der Waals surface area contributed by atoms with Gasteiger partial charge in [0.2, 0.25) is 0 Å². The van der Waals surface area contributed by atoms with E-state index in [1.165, 1.54) is 5.56 Å². The summed E-state index contributed by atoms with van der Waals surface area (Å²) in [6, 6.07) is 8.50. The number of hydrogen-bond acceptors (Lipinski definition) is 3. The van der Waals surface area contributed by atoms with Crippen molar-refractivity contribution in [3.8, 4) is 10.6 Å². The summed E-state index contributed by atoms with van der Waals surface area (Å²) in [5.41, 5.74) is 2.51. The first kappa shape index (κ1) is 10.0. The van der Waals surface area contributed by atoms with Crippen LogP contribution in [0.4, 0.5) is 0 Å². The zero-order valence-corrected chi connectivity index (χ0v) is 10.7. The van der Waals surface area contributed by atoms with Crippen molar-refractivity contribution in [1.29, 1.82) is 0 Å². The number of aromatic nitrogens is 2. The minimum absolute atomic E-state index is 0.983. The molecular formula is C10H9IN2S. The zero-order chi connectivity index (χ0) is 9.97. The standard InChI is InChI=1S/C10H9IN2S/c1-2-7-3-5-8(6-4-7)9-12-13-10(11)14-9/h3-6H,2H2,1H3. The molecule has 2 rings (SSSR count). The molecule has 0 aliphatic carbocycles. The van der Waals surface area contributed by atoms with Gasteiger partial charge in [0.05, 0.1) is 0 Å². The van der Waals surface area contributed by atoms with Crippen LogP contribution in [0.2, 0.25) is 0 Å². The molecule has 0 fully saturated rings. The van der Waals surface area contributed by atoms with Crippen LogP contribution in [-0.4, -0.2) is 10.2 Å². The van der Waals surface area contributed by atoms with E-state index >= 15 is 0 Å². The minimum Gasteiger partial charge on any atom is -0.137 e. The number of nitrogens with zero attached hydrogens (tertiary/aromatic N) is 2. The third kappa shape index (κ3) is 2.12. The highest BCUT2D eigenvalue weighted by atomic mass is 127. The van der Waals surface area contributed by atoms with Crippen molar-refractivity contribution >= 4 is 33.9 Å². The maximum absolute atomic E-state index is 4.10. The van der Waals surface area contributed by atoms with Crippen molar-refractivity contribution in [3.05, 3.63) is 32.8 Å². The number of halogens is 1. The molecule has 1 aromatic heterocycles. The van der Waals surface area contributed by atoms with Crippen LogP contribution in [0.3, 0.4) is 0 Å². The topological polar surface area (TPSA) is 25.8 Å². The molecule has 2 nitrogen and oxygen atoms in total. The van der Waals surface area contributed by atoms with Gasteiger partial charge >= 0.3 is 0 Å². The van der Waals surface area contributed by atoms with E-state index < -0.39 is 0 Å². The summed E-state index contributed by atoms with van der Waals surface area (Å²) in [6.45, 7) is 2.16. The normalized spacial score (nSPS) is 10.4. The second-order valence-corrected chi connectivity index (χ2v) is 5.64. The largest absolute Gasteiger partial charge is 0.178 e. The molecule has 0 aliphatic heterocycles. The van der Waals surface area contributed by atoms with E-state index in [4.69, 9.17) is 0 Å². The molecule has 14 heavy (non-hydrogen) atoms. The predicted octanol–water partition coefficient (Wildman–Crippen LogP) is 3.37. The highest BCUT2D eigenvalue weighted by molar-refractivity contribution is 14.1.